The smallest absolute Gasteiger partial charge is 0.326 e. The number of likely N-dealkylation sites (N-methyl/N-ethyl adjacent to an activating group) is 1. The topological polar surface area (TPSA) is 75.7 Å². The zero-order chi connectivity index (χ0) is 15.5. The monoisotopic (exact) mass is 318 g/mol. The van der Waals surface area contributed by atoms with Crippen molar-refractivity contribution in [1.82, 2.24) is 10.2 Å². The molecule has 0 spiro atoms. The van der Waals surface area contributed by atoms with Crippen molar-refractivity contribution in [2.45, 2.75) is 43.7 Å². The second kappa shape index (κ2) is 6.62. The summed E-state index contributed by atoms with van der Waals surface area (Å²) < 4.78 is 28.4. The molecule has 2 atom stereocenters. The summed E-state index contributed by atoms with van der Waals surface area (Å²) in [6.07, 6.45) is 4.11. The van der Waals surface area contributed by atoms with E-state index in [2.05, 4.69) is 10.2 Å². The largest absolute Gasteiger partial charge is 0.468 e. The van der Waals surface area contributed by atoms with Crippen LogP contribution >= 0.6 is 0 Å². The van der Waals surface area contributed by atoms with Crippen molar-refractivity contribution >= 4 is 15.8 Å². The van der Waals surface area contributed by atoms with Crippen molar-refractivity contribution in [1.29, 1.82) is 0 Å². The molecule has 1 saturated carbocycles. The maximum Gasteiger partial charge on any atom is 0.326 e. The van der Waals surface area contributed by atoms with Crippen molar-refractivity contribution in [2.24, 2.45) is 0 Å². The molecule has 1 heterocycles. The van der Waals surface area contributed by atoms with E-state index < -0.39 is 15.4 Å². The standard InChI is InChI=1S/C14H26N2O4S/c1-15-14(13(17)20-2)6-3-5-12(11-14)16-7-4-9-21(18,19)10-8-16/h12,15H,3-11H2,1-2H3. The summed E-state index contributed by atoms with van der Waals surface area (Å²) in [6, 6.07) is 0.249. The molecule has 2 rings (SSSR count). The van der Waals surface area contributed by atoms with Gasteiger partial charge in [-0.1, -0.05) is 0 Å². The van der Waals surface area contributed by atoms with Gasteiger partial charge in [0.05, 0.1) is 18.6 Å². The molecular weight excluding hydrogens is 292 g/mol. The van der Waals surface area contributed by atoms with E-state index >= 15 is 0 Å². The van der Waals surface area contributed by atoms with E-state index in [0.29, 0.717) is 19.4 Å². The fourth-order valence-electron chi connectivity index (χ4n) is 3.59. The van der Waals surface area contributed by atoms with Crippen molar-refractivity contribution in [2.75, 3.05) is 38.8 Å². The number of nitrogens with zero attached hydrogens (tertiary/aromatic N) is 1. The second-order valence-corrected chi connectivity index (χ2v) is 8.42. The highest BCUT2D eigenvalue weighted by molar-refractivity contribution is 7.91. The molecule has 0 aromatic carbocycles. The molecule has 1 saturated heterocycles. The molecular formula is C14H26N2O4S. The van der Waals surface area contributed by atoms with Gasteiger partial charge in [-0.05, 0) is 45.7 Å². The van der Waals surface area contributed by atoms with Gasteiger partial charge >= 0.3 is 5.97 Å². The molecule has 2 unspecified atom stereocenters. The number of sulfone groups is 1. The predicted molar refractivity (Wildman–Crippen MR) is 80.9 cm³/mol. The average Bonchev–Trinajstić information content (AvgIpc) is 2.67. The molecule has 0 bridgehead atoms. The Kier molecular flexibility index (Phi) is 5.27. The molecule has 0 radical (unpaired) electrons. The highest BCUT2D eigenvalue weighted by atomic mass is 32.2. The quantitative estimate of drug-likeness (QED) is 0.748. The molecule has 1 N–H and O–H groups in total. The molecule has 0 amide bonds. The van der Waals surface area contributed by atoms with Gasteiger partial charge in [0.1, 0.15) is 5.54 Å². The van der Waals surface area contributed by atoms with Crippen LogP contribution in [0.25, 0.3) is 0 Å². The first-order chi connectivity index (χ1) is 9.92. The van der Waals surface area contributed by atoms with Crippen LogP contribution < -0.4 is 5.32 Å². The van der Waals surface area contributed by atoms with E-state index in [-0.39, 0.29) is 23.5 Å². The summed E-state index contributed by atoms with van der Waals surface area (Å²) in [5.41, 5.74) is -0.622. The number of carbonyl (C=O) groups excluding carboxylic acids is 1. The minimum Gasteiger partial charge on any atom is -0.468 e. The predicted octanol–water partition coefficient (Wildman–Crippen LogP) is 0.181. The van der Waals surface area contributed by atoms with Gasteiger partial charge in [0, 0.05) is 12.6 Å². The number of methoxy groups -OCH3 is 1. The molecule has 0 aromatic rings. The Morgan fingerprint density at radius 2 is 2.05 bits per heavy atom. The summed E-state index contributed by atoms with van der Waals surface area (Å²) >= 11 is 0. The summed E-state index contributed by atoms with van der Waals surface area (Å²) in [7, 11) is 0.323. The zero-order valence-electron chi connectivity index (χ0n) is 12.9. The van der Waals surface area contributed by atoms with Gasteiger partial charge in [0.25, 0.3) is 0 Å². The van der Waals surface area contributed by atoms with E-state index in [4.69, 9.17) is 4.74 Å². The summed E-state index contributed by atoms with van der Waals surface area (Å²) in [5, 5.41) is 3.15. The second-order valence-electron chi connectivity index (χ2n) is 6.12. The minimum atomic E-state index is -2.90. The lowest BCUT2D eigenvalue weighted by atomic mass is 9.78. The highest BCUT2D eigenvalue weighted by Gasteiger charge is 2.44. The fourth-order valence-corrected chi connectivity index (χ4v) is 4.88. The van der Waals surface area contributed by atoms with E-state index in [9.17, 15) is 13.2 Å². The lowest BCUT2D eigenvalue weighted by molar-refractivity contribution is -0.151. The highest BCUT2D eigenvalue weighted by Crippen LogP contribution is 2.32. The van der Waals surface area contributed by atoms with Gasteiger partial charge in [-0.2, -0.15) is 0 Å². The first-order valence-corrected chi connectivity index (χ1v) is 9.46. The number of nitrogens with one attached hydrogen (secondary N) is 1. The molecule has 122 valence electrons. The molecule has 21 heavy (non-hydrogen) atoms. The van der Waals surface area contributed by atoms with Crippen molar-refractivity contribution in [3.63, 3.8) is 0 Å². The zero-order valence-corrected chi connectivity index (χ0v) is 13.7. The SMILES string of the molecule is CNC1(C(=O)OC)CCCC(N2CCCS(=O)(=O)CC2)C1. The maximum atomic E-state index is 12.1. The third-order valence-corrected chi connectivity index (χ3v) is 6.60. The van der Waals surface area contributed by atoms with E-state index in [0.717, 1.165) is 25.8 Å². The third kappa shape index (κ3) is 3.76. The van der Waals surface area contributed by atoms with Crippen LogP contribution in [0, 0.1) is 0 Å². The number of rotatable bonds is 3. The normalized spacial score (nSPS) is 34.1. The van der Waals surface area contributed by atoms with Crippen molar-refractivity contribution < 1.29 is 17.9 Å². The van der Waals surface area contributed by atoms with Crippen molar-refractivity contribution in [3.05, 3.63) is 0 Å². The molecule has 1 aliphatic carbocycles. The lowest BCUT2D eigenvalue weighted by Crippen LogP contribution is -2.57. The minimum absolute atomic E-state index is 0.211. The van der Waals surface area contributed by atoms with E-state index in [1.54, 1.807) is 7.05 Å². The van der Waals surface area contributed by atoms with Crippen LogP contribution in [0.5, 0.6) is 0 Å². The number of hydrogen-bond donors (Lipinski definition) is 1. The first kappa shape index (κ1) is 16.7. The molecule has 7 heteroatoms. The van der Waals surface area contributed by atoms with Crippen LogP contribution in [-0.4, -0.2) is 69.6 Å². The average molecular weight is 318 g/mol. The number of carbonyl (C=O) groups is 1. The number of hydrogen-bond acceptors (Lipinski definition) is 6. The molecule has 0 aromatic heterocycles. The molecule has 6 nitrogen and oxygen atoms in total. The number of esters is 1. The number of ether oxygens (including phenoxy) is 1. The maximum absolute atomic E-state index is 12.1. The van der Waals surface area contributed by atoms with Crippen molar-refractivity contribution in [3.8, 4) is 0 Å². The molecule has 2 aliphatic rings. The van der Waals surface area contributed by atoms with Crippen LogP contribution in [-0.2, 0) is 19.4 Å². The Morgan fingerprint density at radius 1 is 1.29 bits per heavy atom. The molecule has 1 aliphatic heterocycles. The van der Waals surface area contributed by atoms with Crippen LogP contribution in [0.1, 0.15) is 32.1 Å². The van der Waals surface area contributed by atoms with Crippen LogP contribution in [0.15, 0.2) is 0 Å². The van der Waals surface area contributed by atoms with Gasteiger partial charge in [0.15, 0.2) is 9.84 Å². The van der Waals surface area contributed by atoms with Gasteiger partial charge in [-0.15, -0.1) is 0 Å². The van der Waals surface area contributed by atoms with Gasteiger partial charge < -0.3 is 10.1 Å². The Balaban J connectivity index is 2.08. The van der Waals surface area contributed by atoms with Gasteiger partial charge in [-0.25, -0.2) is 8.42 Å². The Bertz CT molecular complexity index is 479. The third-order valence-electron chi connectivity index (χ3n) is 4.89. The van der Waals surface area contributed by atoms with E-state index in [1.165, 1.54) is 7.11 Å². The van der Waals surface area contributed by atoms with E-state index in [1.807, 2.05) is 0 Å². The summed E-state index contributed by atoms with van der Waals surface area (Å²) in [4.78, 5) is 14.4. The fraction of sp³-hybridized carbons (Fsp3) is 0.929. The van der Waals surface area contributed by atoms with Crippen LogP contribution in [0.2, 0.25) is 0 Å². The Morgan fingerprint density at radius 3 is 2.71 bits per heavy atom. The van der Waals surface area contributed by atoms with Crippen LogP contribution in [0.3, 0.4) is 0 Å². The first-order valence-electron chi connectivity index (χ1n) is 7.64. The summed E-state index contributed by atoms with van der Waals surface area (Å²) in [6.45, 7) is 1.37. The summed E-state index contributed by atoms with van der Waals surface area (Å²) in [5.74, 6) is 0.302. The lowest BCUT2D eigenvalue weighted by Gasteiger charge is -2.42. The van der Waals surface area contributed by atoms with Gasteiger partial charge in [-0.3, -0.25) is 9.69 Å². The Labute approximate surface area is 127 Å². The molecule has 2 fully saturated rings. The van der Waals surface area contributed by atoms with Gasteiger partial charge in [0.2, 0.25) is 0 Å². The Hall–Kier alpha value is -0.660. The van der Waals surface area contributed by atoms with Crippen LogP contribution in [0.4, 0.5) is 0 Å².